The van der Waals surface area contributed by atoms with Gasteiger partial charge < -0.3 is 0 Å². The molecule has 0 aliphatic heterocycles. The Hall–Kier alpha value is -1.06. The van der Waals surface area contributed by atoms with E-state index in [0.717, 1.165) is 11.3 Å². The van der Waals surface area contributed by atoms with Crippen LogP contribution in [0.1, 0.15) is 12.5 Å². The molecular formula is C10H10Cl2N2O. The van der Waals surface area contributed by atoms with Gasteiger partial charge in [-0.3, -0.25) is 10.2 Å². The van der Waals surface area contributed by atoms with Gasteiger partial charge >= 0.3 is 0 Å². The van der Waals surface area contributed by atoms with Crippen LogP contribution in [0.5, 0.6) is 0 Å². The molecule has 0 atom stereocenters. The lowest BCUT2D eigenvalue weighted by atomic mass is 10.2. The Kier molecular flexibility index (Phi) is 4.12. The number of hydrazone groups is 1. The van der Waals surface area contributed by atoms with E-state index in [1.165, 1.54) is 6.92 Å². The van der Waals surface area contributed by atoms with Crippen molar-refractivity contribution >= 4 is 39.8 Å². The first-order chi connectivity index (χ1) is 7.02. The van der Waals surface area contributed by atoms with E-state index in [1.807, 2.05) is 6.92 Å². The molecule has 1 N–H and O–H groups in total. The zero-order valence-corrected chi connectivity index (χ0v) is 9.86. The highest BCUT2D eigenvalue weighted by Gasteiger charge is 2.03. The molecule has 0 unspecified atom stereocenters. The molecule has 0 heterocycles. The maximum atomic E-state index is 10.8. The van der Waals surface area contributed by atoms with Crippen LogP contribution in [-0.2, 0) is 4.79 Å². The normalized spacial score (nSPS) is 11.3. The van der Waals surface area contributed by atoms with E-state index in [0.29, 0.717) is 5.02 Å². The van der Waals surface area contributed by atoms with Crippen LogP contribution in [0.15, 0.2) is 23.3 Å². The van der Waals surface area contributed by atoms with Crippen LogP contribution in [0, 0.1) is 6.92 Å². The van der Waals surface area contributed by atoms with E-state index in [4.69, 9.17) is 23.2 Å². The van der Waals surface area contributed by atoms with E-state index in [1.54, 1.807) is 18.2 Å². The Bertz CT molecular complexity index is 416. The number of anilines is 1. The smallest absolute Gasteiger partial charge is 0.191 e. The number of carbonyl (C=O) groups excluding carboxylic acids is 1. The number of Topliss-reactive ketones (excluding diaryl/α,β-unsaturated/α-hetero) is 1. The van der Waals surface area contributed by atoms with Gasteiger partial charge in [0.2, 0.25) is 0 Å². The summed E-state index contributed by atoms with van der Waals surface area (Å²) in [6.45, 7) is 3.19. The van der Waals surface area contributed by atoms with Gasteiger partial charge in [0.05, 0.1) is 5.69 Å². The first-order valence-electron chi connectivity index (χ1n) is 4.27. The van der Waals surface area contributed by atoms with Crippen molar-refractivity contribution in [2.45, 2.75) is 13.8 Å². The molecule has 0 aliphatic rings. The summed E-state index contributed by atoms with van der Waals surface area (Å²) in [5.74, 6) is -0.288. The van der Waals surface area contributed by atoms with E-state index in [2.05, 4.69) is 10.5 Å². The van der Waals surface area contributed by atoms with E-state index in [-0.39, 0.29) is 11.0 Å². The molecule has 0 aliphatic carbocycles. The third kappa shape index (κ3) is 3.22. The highest BCUT2D eigenvalue weighted by atomic mass is 35.5. The first kappa shape index (κ1) is 12.0. The highest BCUT2D eigenvalue weighted by molar-refractivity contribution is 6.82. The zero-order valence-electron chi connectivity index (χ0n) is 8.34. The van der Waals surface area contributed by atoms with E-state index < -0.39 is 0 Å². The summed E-state index contributed by atoms with van der Waals surface area (Å²) in [4.78, 5) is 10.8. The molecule has 0 aromatic heterocycles. The lowest BCUT2D eigenvalue weighted by molar-refractivity contribution is -0.110. The average Bonchev–Trinajstić information content (AvgIpc) is 2.19. The van der Waals surface area contributed by atoms with Gasteiger partial charge in [-0.1, -0.05) is 29.3 Å². The van der Waals surface area contributed by atoms with Gasteiger partial charge in [0.15, 0.2) is 11.0 Å². The summed E-state index contributed by atoms with van der Waals surface area (Å²) in [7, 11) is 0. The van der Waals surface area contributed by atoms with Crippen molar-refractivity contribution in [1.29, 1.82) is 0 Å². The molecule has 0 saturated carbocycles. The minimum absolute atomic E-state index is 0.0885. The van der Waals surface area contributed by atoms with Crippen LogP contribution in [0.4, 0.5) is 5.69 Å². The number of rotatable bonds is 3. The number of benzene rings is 1. The molecule has 0 bridgehead atoms. The van der Waals surface area contributed by atoms with Crippen LogP contribution in [0.3, 0.4) is 0 Å². The number of hydrogen-bond donors (Lipinski definition) is 1. The number of carbonyl (C=O) groups is 1. The third-order valence-electron chi connectivity index (χ3n) is 1.83. The highest BCUT2D eigenvalue weighted by Crippen LogP contribution is 2.22. The summed E-state index contributed by atoms with van der Waals surface area (Å²) in [5.41, 5.74) is 4.27. The van der Waals surface area contributed by atoms with Crippen LogP contribution in [0.25, 0.3) is 0 Å². The molecule has 0 spiro atoms. The molecule has 1 aromatic rings. The summed E-state index contributed by atoms with van der Waals surface area (Å²) in [5, 5.41) is 4.26. The molecule has 3 nitrogen and oxygen atoms in total. The minimum Gasteiger partial charge on any atom is -0.292 e. The lowest BCUT2D eigenvalue weighted by Crippen LogP contribution is -2.05. The molecule has 80 valence electrons. The molecule has 15 heavy (non-hydrogen) atoms. The second-order valence-corrected chi connectivity index (χ2v) is 3.75. The Labute approximate surface area is 98.1 Å². The minimum atomic E-state index is -0.288. The fourth-order valence-electron chi connectivity index (χ4n) is 0.917. The number of halogens is 2. The van der Waals surface area contributed by atoms with Gasteiger partial charge in [-0.15, -0.1) is 0 Å². The van der Waals surface area contributed by atoms with E-state index >= 15 is 0 Å². The molecule has 0 saturated heterocycles. The molecule has 1 aromatic carbocycles. The fourth-order valence-corrected chi connectivity index (χ4v) is 1.13. The number of nitrogens with one attached hydrogen (secondary N) is 1. The maximum absolute atomic E-state index is 10.8. The van der Waals surface area contributed by atoms with Crippen molar-refractivity contribution in [2.75, 3.05) is 5.43 Å². The molecule has 0 fully saturated rings. The van der Waals surface area contributed by atoms with Crippen LogP contribution in [-0.4, -0.2) is 11.0 Å². The number of ketones is 1. The summed E-state index contributed by atoms with van der Waals surface area (Å²) < 4.78 is 0. The largest absolute Gasteiger partial charge is 0.292 e. The summed E-state index contributed by atoms with van der Waals surface area (Å²) >= 11 is 11.5. The van der Waals surface area contributed by atoms with Gasteiger partial charge in [-0.25, -0.2) is 0 Å². The van der Waals surface area contributed by atoms with Crippen molar-refractivity contribution in [3.05, 3.63) is 28.8 Å². The van der Waals surface area contributed by atoms with Gasteiger partial charge in [-0.2, -0.15) is 5.10 Å². The quantitative estimate of drug-likeness (QED) is 0.656. The first-order valence-corrected chi connectivity index (χ1v) is 5.03. The van der Waals surface area contributed by atoms with Gasteiger partial charge in [0.1, 0.15) is 0 Å². The predicted molar refractivity (Wildman–Crippen MR) is 63.8 cm³/mol. The topological polar surface area (TPSA) is 41.5 Å². The molecule has 0 radical (unpaired) electrons. The number of hydrogen-bond acceptors (Lipinski definition) is 3. The third-order valence-corrected chi connectivity index (χ3v) is 2.59. The lowest BCUT2D eigenvalue weighted by Gasteiger charge is -2.05. The van der Waals surface area contributed by atoms with Crippen molar-refractivity contribution in [3.63, 3.8) is 0 Å². The fraction of sp³-hybridized carbons (Fsp3) is 0.200. The second-order valence-electron chi connectivity index (χ2n) is 2.98. The van der Waals surface area contributed by atoms with Crippen molar-refractivity contribution < 1.29 is 4.79 Å². The van der Waals surface area contributed by atoms with Crippen molar-refractivity contribution in [3.8, 4) is 0 Å². The SMILES string of the molecule is CC(=O)/C(Cl)=N\Nc1cccc(Cl)c1C. The second kappa shape index (κ2) is 5.14. The Balaban J connectivity index is 2.87. The summed E-state index contributed by atoms with van der Waals surface area (Å²) in [6.07, 6.45) is 0. The predicted octanol–water partition coefficient (Wildman–Crippen LogP) is 3.20. The Morgan fingerprint density at radius 3 is 2.73 bits per heavy atom. The standard InChI is InChI=1S/C10H10Cl2N2O/c1-6-8(11)4-3-5-9(6)13-14-10(12)7(2)15/h3-5,13H,1-2H3/b14-10+. The van der Waals surface area contributed by atoms with Gasteiger partial charge in [0, 0.05) is 11.9 Å². The molecule has 0 amide bonds. The Morgan fingerprint density at radius 2 is 2.13 bits per heavy atom. The van der Waals surface area contributed by atoms with Gasteiger partial charge in [-0.05, 0) is 24.6 Å². The Morgan fingerprint density at radius 1 is 1.47 bits per heavy atom. The van der Waals surface area contributed by atoms with E-state index in [9.17, 15) is 4.79 Å². The monoisotopic (exact) mass is 244 g/mol. The average molecular weight is 245 g/mol. The van der Waals surface area contributed by atoms with Crippen molar-refractivity contribution in [1.82, 2.24) is 0 Å². The maximum Gasteiger partial charge on any atom is 0.191 e. The van der Waals surface area contributed by atoms with Crippen LogP contribution in [0.2, 0.25) is 5.02 Å². The van der Waals surface area contributed by atoms with Crippen LogP contribution < -0.4 is 5.43 Å². The van der Waals surface area contributed by atoms with Crippen molar-refractivity contribution in [2.24, 2.45) is 5.10 Å². The molecular weight excluding hydrogens is 235 g/mol. The molecule has 5 heteroatoms. The zero-order chi connectivity index (χ0) is 11.4. The number of nitrogens with zero attached hydrogens (tertiary/aromatic N) is 1. The summed E-state index contributed by atoms with van der Waals surface area (Å²) in [6, 6.07) is 5.36. The van der Waals surface area contributed by atoms with Gasteiger partial charge in [0.25, 0.3) is 0 Å². The van der Waals surface area contributed by atoms with Crippen LogP contribution >= 0.6 is 23.2 Å². The molecule has 1 rings (SSSR count).